The molecule has 4 heteroatoms. The zero-order chi connectivity index (χ0) is 14.5. The first-order chi connectivity index (χ1) is 10.3. The van der Waals surface area contributed by atoms with Crippen molar-refractivity contribution in [2.45, 2.75) is 6.10 Å². The molecule has 1 saturated heterocycles. The van der Waals surface area contributed by atoms with Crippen LogP contribution < -0.4 is 4.74 Å². The zero-order valence-corrected chi connectivity index (χ0v) is 12.9. The van der Waals surface area contributed by atoms with Crippen molar-refractivity contribution in [2.75, 3.05) is 37.7 Å². The second kappa shape index (κ2) is 7.16. The van der Waals surface area contributed by atoms with E-state index in [1.807, 2.05) is 36.0 Å². The highest BCUT2D eigenvalue weighted by molar-refractivity contribution is 7.99. The number of aliphatic hydroxyl groups is 1. The minimum absolute atomic E-state index is 0.349. The van der Waals surface area contributed by atoms with Gasteiger partial charge in [0, 0.05) is 31.1 Å². The fraction of sp³-hybridized carbons (Fsp3) is 0.412. The maximum absolute atomic E-state index is 10.1. The Morgan fingerprint density at radius 1 is 1.10 bits per heavy atom. The lowest BCUT2D eigenvalue weighted by Gasteiger charge is -2.28. The summed E-state index contributed by atoms with van der Waals surface area (Å²) in [4.78, 5) is 2.31. The van der Waals surface area contributed by atoms with E-state index in [4.69, 9.17) is 4.74 Å². The van der Waals surface area contributed by atoms with E-state index < -0.39 is 6.10 Å². The lowest BCUT2D eigenvalue weighted by molar-refractivity contribution is 0.0716. The summed E-state index contributed by atoms with van der Waals surface area (Å²) in [6.07, 6.45) is -0.431. The van der Waals surface area contributed by atoms with Crippen LogP contribution in [0.4, 0.5) is 0 Å². The molecular formula is C17H21NO2S. The first-order valence-corrected chi connectivity index (χ1v) is 8.56. The Balaban J connectivity index is 1.53. The van der Waals surface area contributed by atoms with Gasteiger partial charge in [-0.25, -0.2) is 0 Å². The van der Waals surface area contributed by atoms with Gasteiger partial charge < -0.3 is 9.84 Å². The molecule has 1 atom stereocenters. The minimum Gasteiger partial charge on any atom is -0.491 e. The van der Waals surface area contributed by atoms with Crippen molar-refractivity contribution in [3.05, 3.63) is 42.5 Å². The minimum atomic E-state index is -0.431. The molecule has 1 N–H and O–H groups in total. The Morgan fingerprint density at radius 3 is 2.67 bits per heavy atom. The number of β-amino-alcohol motifs (C(OH)–C–C–N with tert-alkyl or cyclic N) is 1. The van der Waals surface area contributed by atoms with E-state index in [1.165, 1.54) is 5.39 Å². The van der Waals surface area contributed by atoms with Crippen LogP contribution >= 0.6 is 11.8 Å². The normalized spacial score (nSPS) is 17.8. The van der Waals surface area contributed by atoms with Crippen molar-refractivity contribution < 1.29 is 9.84 Å². The fourth-order valence-corrected chi connectivity index (χ4v) is 3.56. The van der Waals surface area contributed by atoms with Crippen LogP contribution in [-0.2, 0) is 0 Å². The van der Waals surface area contributed by atoms with E-state index in [1.54, 1.807) is 0 Å². The van der Waals surface area contributed by atoms with Gasteiger partial charge in [-0.2, -0.15) is 11.8 Å². The second-order valence-corrected chi connectivity index (χ2v) is 6.61. The zero-order valence-electron chi connectivity index (χ0n) is 12.1. The molecule has 0 amide bonds. The van der Waals surface area contributed by atoms with Crippen LogP contribution in [-0.4, -0.2) is 53.9 Å². The standard InChI is InChI=1S/C17H21NO2S/c19-16(12-18-7-9-21-10-8-18)13-20-17-6-5-14-3-1-2-4-15(14)11-17/h1-6,11,16,19H,7-10,12-13H2. The molecule has 2 aromatic carbocycles. The van der Waals surface area contributed by atoms with Gasteiger partial charge in [0.1, 0.15) is 18.5 Å². The molecule has 112 valence electrons. The first kappa shape index (κ1) is 14.7. The Bertz CT molecular complexity index is 584. The monoisotopic (exact) mass is 303 g/mol. The van der Waals surface area contributed by atoms with Crippen LogP contribution in [0.1, 0.15) is 0 Å². The highest BCUT2D eigenvalue weighted by atomic mass is 32.2. The molecule has 21 heavy (non-hydrogen) atoms. The predicted octanol–water partition coefficient (Wildman–Crippen LogP) is 2.63. The predicted molar refractivity (Wildman–Crippen MR) is 89.2 cm³/mol. The largest absolute Gasteiger partial charge is 0.491 e. The van der Waals surface area contributed by atoms with Gasteiger partial charge >= 0.3 is 0 Å². The van der Waals surface area contributed by atoms with Crippen molar-refractivity contribution >= 4 is 22.5 Å². The van der Waals surface area contributed by atoms with Gasteiger partial charge in [0.15, 0.2) is 0 Å². The lowest BCUT2D eigenvalue weighted by atomic mass is 10.1. The highest BCUT2D eigenvalue weighted by Gasteiger charge is 2.15. The molecule has 2 aromatic rings. The number of nitrogens with zero attached hydrogens (tertiary/aromatic N) is 1. The molecule has 1 fully saturated rings. The molecular weight excluding hydrogens is 282 g/mol. The first-order valence-electron chi connectivity index (χ1n) is 7.41. The number of thioether (sulfide) groups is 1. The number of benzene rings is 2. The van der Waals surface area contributed by atoms with Crippen molar-refractivity contribution in [1.29, 1.82) is 0 Å². The Labute approximate surface area is 129 Å². The number of aliphatic hydroxyl groups excluding tert-OH is 1. The third kappa shape index (κ3) is 4.13. The summed E-state index contributed by atoms with van der Waals surface area (Å²) in [5.74, 6) is 3.15. The third-order valence-corrected chi connectivity index (χ3v) is 4.68. The maximum atomic E-state index is 10.1. The smallest absolute Gasteiger partial charge is 0.120 e. The van der Waals surface area contributed by atoms with Gasteiger partial charge in [-0.1, -0.05) is 30.3 Å². The van der Waals surface area contributed by atoms with Crippen molar-refractivity contribution in [2.24, 2.45) is 0 Å². The number of ether oxygens (including phenoxy) is 1. The number of rotatable bonds is 5. The summed E-state index contributed by atoms with van der Waals surface area (Å²) in [5, 5.41) is 12.5. The van der Waals surface area contributed by atoms with E-state index >= 15 is 0 Å². The molecule has 0 spiro atoms. The third-order valence-electron chi connectivity index (χ3n) is 3.74. The van der Waals surface area contributed by atoms with E-state index in [2.05, 4.69) is 23.1 Å². The molecule has 0 saturated carbocycles. The highest BCUT2D eigenvalue weighted by Crippen LogP contribution is 2.20. The Hall–Kier alpha value is -1.23. The maximum Gasteiger partial charge on any atom is 0.120 e. The molecule has 1 heterocycles. The average Bonchev–Trinajstić information content (AvgIpc) is 2.54. The van der Waals surface area contributed by atoms with Crippen LogP contribution in [0.2, 0.25) is 0 Å². The van der Waals surface area contributed by atoms with Gasteiger partial charge in [0.05, 0.1) is 0 Å². The fourth-order valence-electron chi connectivity index (χ4n) is 2.58. The van der Waals surface area contributed by atoms with Gasteiger partial charge in [-0.15, -0.1) is 0 Å². The van der Waals surface area contributed by atoms with E-state index in [0.29, 0.717) is 13.2 Å². The van der Waals surface area contributed by atoms with E-state index in [9.17, 15) is 5.11 Å². The topological polar surface area (TPSA) is 32.7 Å². The summed E-state index contributed by atoms with van der Waals surface area (Å²) in [5.41, 5.74) is 0. The van der Waals surface area contributed by atoms with Gasteiger partial charge in [0.25, 0.3) is 0 Å². The molecule has 3 nitrogen and oxygen atoms in total. The van der Waals surface area contributed by atoms with Gasteiger partial charge in [0.2, 0.25) is 0 Å². The SMILES string of the molecule is OC(COc1ccc2ccccc2c1)CN1CCSCC1. The van der Waals surface area contributed by atoms with Crippen LogP contribution in [0.15, 0.2) is 42.5 Å². The summed E-state index contributed by atoms with van der Waals surface area (Å²) >= 11 is 1.98. The Morgan fingerprint density at radius 2 is 1.86 bits per heavy atom. The van der Waals surface area contributed by atoms with Crippen LogP contribution in [0.5, 0.6) is 5.75 Å². The van der Waals surface area contributed by atoms with Crippen molar-refractivity contribution in [3.8, 4) is 5.75 Å². The lowest BCUT2D eigenvalue weighted by Crippen LogP contribution is -2.40. The van der Waals surface area contributed by atoms with Gasteiger partial charge in [-0.05, 0) is 22.9 Å². The summed E-state index contributed by atoms with van der Waals surface area (Å²) in [6, 6.07) is 14.3. The molecule has 0 aliphatic carbocycles. The van der Waals surface area contributed by atoms with Crippen molar-refractivity contribution in [1.82, 2.24) is 4.90 Å². The summed E-state index contributed by atoms with van der Waals surface area (Å²) < 4.78 is 5.74. The molecule has 3 rings (SSSR count). The second-order valence-electron chi connectivity index (χ2n) is 5.39. The van der Waals surface area contributed by atoms with Crippen LogP contribution in [0, 0.1) is 0 Å². The Kier molecular flexibility index (Phi) is 5.01. The molecule has 0 bridgehead atoms. The summed E-state index contributed by atoms with van der Waals surface area (Å²) in [6.45, 7) is 3.19. The average molecular weight is 303 g/mol. The molecule has 1 aliphatic heterocycles. The quantitative estimate of drug-likeness (QED) is 0.920. The number of hydrogen-bond donors (Lipinski definition) is 1. The van der Waals surface area contributed by atoms with Crippen LogP contribution in [0.25, 0.3) is 10.8 Å². The number of fused-ring (bicyclic) bond motifs is 1. The van der Waals surface area contributed by atoms with E-state index in [-0.39, 0.29) is 0 Å². The molecule has 1 unspecified atom stereocenters. The van der Waals surface area contributed by atoms with Gasteiger partial charge in [-0.3, -0.25) is 4.90 Å². The molecule has 0 radical (unpaired) electrons. The van der Waals surface area contributed by atoms with E-state index in [0.717, 1.165) is 35.7 Å². The van der Waals surface area contributed by atoms with Crippen molar-refractivity contribution in [3.63, 3.8) is 0 Å². The summed E-state index contributed by atoms with van der Waals surface area (Å²) in [7, 11) is 0. The number of hydrogen-bond acceptors (Lipinski definition) is 4. The molecule has 1 aliphatic rings. The van der Waals surface area contributed by atoms with Crippen LogP contribution in [0.3, 0.4) is 0 Å². The molecule has 0 aromatic heterocycles.